The molecule has 0 saturated carbocycles. The number of thiazole rings is 1. The first-order valence-electron chi connectivity index (χ1n) is 14.3. The number of benzene rings is 2. The Morgan fingerprint density at radius 2 is 1.81 bits per heavy atom. The summed E-state index contributed by atoms with van der Waals surface area (Å²) >= 11 is 1.28. The molecule has 0 aliphatic carbocycles. The van der Waals surface area contributed by atoms with Crippen LogP contribution in [0, 0.1) is 13.8 Å². The highest BCUT2D eigenvalue weighted by molar-refractivity contribution is 7.22. The first-order valence-corrected chi connectivity index (χ1v) is 15.2. The summed E-state index contributed by atoms with van der Waals surface area (Å²) in [6, 6.07) is 15.7. The molecule has 1 atom stereocenters. The van der Waals surface area contributed by atoms with Crippen molar-refractivity contribution in [2.45, 2.75) is 46.6 Å². The highest BCUT2D eigenvalue weighted by Gasteiger charge is 2.48. The lowest BCUT2D eigenvalue weighted by molar-refractivity contribution is -0.132. The fourth-order valence-corrected chi connectivity index (χ4v) is 6.40. The van der Waals surface area contributed by atoms with Crippen LogP contribution in [0.2, 0.25) is 0 Å². The number of imidazole rings is 1. The number of rotatable bonds is 9. The van der Waals surface area contributed by atoms with Gasteiger partial charge in [-0.3, -0.25) is 14.5 Å². The third kappa shape index (κ3) is 5.01. The number of aliphatic hydroxyl groups excluding tert-OH is 1. The molecule has 0 bridgehead atoms. The van der Waals surface area contributed by atoms with Crippen molar-refractivity contribution >= 4 is 49.8 Å². The molecular weight excluding hydrogens is 564 g/mol. The van der Waals surface area contributed by atoms with Gasteiger partial charge in [0.05, 0.1) is 40.7 Å². The number of unbranched alkanes of at least 4 members (excludes halogenated alkanes) is 1. The highest BCUT2D eigenvalue weighted by Crippen LogP contribution is 2.45. The standard InChI is InChI=1S/C33H32N4O5S/c1-5-7-16-42-22-12-8-11-21(17-22)28-26(29(38)27-20(4)36-15-9-10-19(3)31(36)35-27)30(39)32(40)37(28)33-34-24-14-13-23(41-6-2)18-25(24)43-33/h8-15,17-18,28,38H,5-7,16H2,1-4H3. The number of aromatic nitrogens is 3. The minimum absolute atomic E-state index is 0.0471. The number of aliphatic hydroxyl groups is 1. The number of hydrogen-bond acceptors (Lipinski definition) is 8. The Hall–Kier alpha value is -4.70. The Morgan fingerprint density at radius 1 is 1.00 bits per heavy atom. The quantitative estimate of drug-likeness (QED) is 0.0867. The van der Waals surface area contributed by atoms with E-state index in [1.54, 1.807) is 0 Å². The molecule has 1 aliphatic rings. The van der Waals surface area contributed by atoms with Crippen LogP contribution in [0.5, 0.6) is 11.5 Å². The maximum atomic E-state index is 13.8. The number of ketones is 1. The number of hydrogen-bond donors (Lipinski definition) is 1. The summed E-state index contributed by atoms with van der Waals surface area (Å²) < 4.78 is 14.3. The van der Waals surface area contributed by atoms with Gasteiger partial charge in [0.15, 0.2) is 10.9 Å². The average molecular weight is 597 g/mol. The molecular formula is C33H32N4O5S. The van der Waals surface area contributed by atoms with E-state index in [1.807, 2.05) is 86.0 Å². The molecule has 9 nitrogen and oxygen atoms in total. The normalized spacial score (nSPS) is 16.5. The molecule has 4 heterocycles. The molecule has 0 spiro atoms. The number of ether oxygens (including phenoxy) is 2. The topological polar surface area (TPSA) is 106 Å². The van der Waals surface area contributed by atoms with Crippen LogP contribution in [-0.4, -0.2) is 44.4 Å². The predicted octanol–water partition coefficient (Wildman–Crippen LogP) is 6.76. The summed E-state index contributed by atoms with van der Waals surface area (Å²) in [6.07, 6.45) is 3.73. The molecule has 2 aromatic carbocycles. The molecule has 10 heteroatoms. The van der Waals surface area contributed by atoms with Crippen LogP contribution >= 0.6 is 11.3 Å². The average Bonchev–Trinajstić information content (AvgIpc) is 3.65. The molecule has 1 fully saturated rings. The Morgan fingerprint density at radius 3 is 2.58 bits per heavy atom. The predicted molar refractivity (Wildman–Crippen MR) is 167 cm³/mol. The van der Waals surface area contributed by atoms with Crippen molar-refractivity contribution in [3.63, 3.8) is 0 Å². The van der Waals surface area contributed by atoms with Crippen LogP contribution in [0.3, 0.4) is 0 Å². The molecule has 220 valence electrons. The van der Waals surface area contributed by atoms with E-state index in [4.69, 9.17) is 19.4 Å². The first kappa shape index (κ1) is 28.4. The number of carbonyl (C=O) groups is 2. The van der Waals surface area contributed by atoms with Gasteiger partial charge in [0, 0.05) is 6.20 Å². The van der Waals surface area contributed by atoms with E-state index in [1.165, 1.54) is 16.2 Å². The summed E-state index contributed by atoms with van der Waals surface area (Å²) in [5.41, 5.74) is 3.72. The summed E-state index contributed by atoms with van der Waals surface area (Å²) in [4.78, 5) is 38.4. The van der Waals surface area contributed by atoms with Gasteiger partial charge in [0.2, 0.25) is 0 Å². The maximum Gasteiger partial charge on any atom is 0.301 e. The van der Waals surface area contributed by atoms with Crippen molar-refractivity contribution in [1.82, 2.24) is 14.4 Å². The number of nitrogens with zero attached hydrogens (tertiary/aromatic N) is 4. The van der Waals surface area contributed by atoms with Gasteiger partial charge in [-0.05, 0) is 74.7 Å². The largest absolute Gasteiger partial charge is 0.505 e. The van der Waals surface area contributed by atoms with Gasteiger partial charge in [-0.25, -0.2) is 9.97 Å². The van der Waals surface area contributed by atoms with E-state index in [2.05, 4.69) is 6.92 Å². The van der Waals surface area contributed by atoms with Gasteiger partial charge in [0.1, 0.15) is 22.8 Å². The number of carbonyl (C=O) groups excluding carboxylic acids is 2. The molecule has 1 amide bonds. The molecule has 6 rings (SSSR count). The molecule has 1 unspecified atom stereocenters. The van der Waals surface area contributed by atoms with Gasteiger partial charge < -0.3 is 19.0 Å². The van der Waals surface area contributed by atoms with Crippen molar-refractivity contribution < 1.29 is 24.2 Å². The van der Waals surface area contributed by atoms with Crippen molar-refractivity contribution in [2.24, 2.45) is 0 Å². The number of pyridine rings is 1. The van der Waals surface area contributed by atoms with E-state index in [9.17, 15) is 14.7 Å². The lowest BCUT2D eigenvalue weighted by Gasteiger charge is -2.23. The number of anilines is 1. The smallest absolute Gasteiger partial charge is 0.301 e. The highest BCUT2D eigenvalue weighted by atomic mass is 32.1. The molecule has 0 radical (unpaired) electrons. The second-order valence-electron chi connectivity index (χ2n) is 10.4. The minimum Gasteiger partial charge on any atom is -0.505 e. The number of Topliss-reactive ketones (excluding diaryl/α,β-unsaturated/α-hetero) is 1. The molecule has 1 aliphatic heterocycles. The van der Waals surface area contributed by atoms with E-state index < -0.39 is 17.7 Å². The zero-order chi connectivity index (χ0) is 30.2. The molecule has 1 N–H and O–H groups in total. The Kier molecular flexibility index (Phi) is 7.62. The number of amides is 1. The van der Waals surface area contributed by atoms with E-state index in [0.29, 0.717) is 52.3 Å². The Balaban J connectivity index is 1.54. The second kappa shape index (κ2) is 11.5. The van der Waals surface area contributed by atoms with Gasteiger partial charge in [-0.2, -0.15) is 0 Å². The Bertz CT molecular complexity index is 1910. The third-order valence-corrected chi connectivity index (χ3v) is 8.58. The van der Waals surface area contributed by atoms with Crippen LogP contribution in [0.4, 0.5) is 5.13 Å². The SMILES string of the molecule is CCCCOc1cccc(C2C(=C(O)c3nc4c(C)cccn4c3C)C(=O)C(=O)N2c2nc3ccc(OCC)cc3s2)c1. The lowest BCUT2D eigenvalue weighted by atomic mass is 9.96. The molecule has 43 heavy (non-hydrogen) atoms. The van der Waals surface area contributed by atoms with Crippen molar-refractivity contribution in [1.29, 1.82) is 0 Å². The van der Waals surface area contributed by atoms with Crippen LogP contribution in [0.15, 0.2) is 66.4 Å². The summed E-state index contributed by atoms with van der Waals surface area (Å²) in [6.45, 7) is 8.81. The summed E-state index contributed by atoms with van der Waals surface area (Å²) in [7, 11) is 0. The van der Waals surface area contributed by atoms with Gasteiger partial charge in [-0.1, -0.05) is 42.9 Å². The summed E-state index contributed by atoms with van der Waals surface area (Å²) in [5.74, 6) is -0.601. The third-order valence-electron chi connectivity index (χ3n) is 7.56. The van der Waals surface area contributed by atoms with E-state index >= 15 is 0 Å². The number of fused-ring (bicyclic) bond motifs is 2. The minimum atomic E-state index is -0.952. The molecule has 1 saturated heterocycles. The van der Waals surface area contributed by atoms with Crippen LogP contribution < -0.4 is 14.4 Å². The van der Waals surface area contributed by atoms with Crippen LogP contribution in [-0.2, 0) is 9.59 Å². The van der Waals surface area contributed by atoms with E-state index in [0.717, 1.165) is 23.1 Å². The van der Waals surface area contributed by atoms with Crippen molar-refractivity contribution in [3.05, 3.63) is 88.9 Å². The second-order valence-corrected chi connectivity index (χ2v) is 11.4. The van der Waals surface area contributed by atoms with Crippen molar-refractivity contribution in [3.8, 4) is 11.5 Å². The van der Waals surface area contributed by atoms with Gasteiger partial charge in [-0.15, -0.1) is 0 Å². The van der Waals surface area contributed by atoms with Gasteiger partial charge >= 0.3 is 5.91 Å². The van der Waals surface area contributed by atoms with Crippen LogP contribution in [0.1, 0.15) is 55.2 Å². The first-order chi connectivity index (χ1) is 20.8. The van der Waals surface area contributed by atoms with E-state index in [-0.39, 0.29) is 17.0 Å². The molecule has 5 aromatic rings. The van der Waals surface area contributed by atoms with Gasteiger partial charge in [0.25, 0.3) is 5.78 Å². The molecule has 3 aromatic heterocycles. The fraction of sp³-hybridized carbons (Fsp3) is 0.273. The number of aryl methyl sites for hydroxylation is 2. The van der Waals surface area contributed by atoms with Crippen LogP contribution in [0.25, 0.3) is 21.6 Å². The lowest BCUT2D eigenvalue weighted by Crippen LogP contribution is -2.29. The Labute approximate surface area is 253 Å². The van der Waals surface area contributed by atoms with Crippen molar-refractivity contribution in [2.75, 3.05) is 18.1 Å². The zero-order valence-corrected chi connectivity index (χ0v) is 25.3. The fourth-order valence-electron chi connectivity index (χ4n) is 5.38. The summed E-state index contributed by atoms with van der Waals surface area (Å²) in [5, 5.41) is 12.1. The maximum absolute atomic E-state index is 13.8. The monoisotopic (exact) mass is 596 g/mol. The zero-order valence-electron chi connectivity index (χ0n) is 24.5.